The van der Waals surface area contributed by atoms with E-state index in [1.54, 1.807) is 7.11 Å². The van der Waals surface area contributed by atoms with E-state index in [1.807, 2.05) is 60.7 Å². The zero-order chi connectivity index (χ0) is 17.6. The minimum atomic E-state index is 0.510. The normalized spacial score (nSPS) is 10.2. The van der Waals surface area contributed by atoms with E-state index in [0.29, 0.717) is 6.71 Å². The van der Waals surface area contributed by atoms with Crippen LogP contribution in [0.25, 0.3) is 0 Å². The molecule has 25 heavy (non-hydrogen) atoms. The van der Waals surface area contributed by atoms with Gasteiger partial charge < -0.3 is 14.2 Å². The predicted molar refractivity (Wildman–Crippen MR) is 103 cm³/mol. The van der Waals surface area contributed by atoms with E-state index in [-0.39, 0.29) is 0 Å². The first kappa shape index (κ1) is 17.0. The van der Waals surface area contributed by atoms with E-state index < -0.39 is 0 Å². The third-order valence-corrected chi connectivity index (χ3v) is 3.88. The van der Waals surface area contributed by atoms with Crippen LogP contribution < -0.4 is 19.7 Å². The van der Waals surface area contributed by atoms with Crippen LogP contribution in [0.5, 0.6) is 28.7 Å². The largest absolute Gasteiger partial charge is 0.497 e. The highest BCUT2D eigenvalue weighted by Gasteiger charge is 2.05. The van der Waals surface area contributed by atoms with E-state index >= 15 is 0 Å². The Morgan fingerprint density at radius 3 is 1.56 bits per heavy atom. The molecule has 0 atom stereocenters. The summed E-state index contributed by atoms with van der Waals surface area (Å²) in [7, 11) is 1.64. The van der Waals surface area contributed by atoms with E-state index in [9.17, 15) is 0 Å². The standard InChI is InChI=1S/C21H21BO3/c1-22(2)16-7-9-18(10-8-16)24-20-5-4-6-21(15-20)25-19-13-11-17(23-3)12-14-19/h4-15H,1-3H3. The fraction of sp³-hybridized carbons (Fsp3) is 0.143. The van der Waals surface area contributed by atoms with Crippen molar-refractivity contribution < 1.29 is 14.2 Å². The lowest BCUT2D eigenvalue weighted by Crippen LogP contribution is -2.21. The second kappa shape index (κ2) is 7.80. The maximum Gasteiger partial charge on any atom is 0.169 e. The molecule has 0 saturated carbocycles. The van der Waals surface area contributed by atoms with Crippen molar-refractivity contribution in [3.8, 4) is 28.7 Å². The Labute approximate surface area is 149 Å². The second-order valence-electron chi connectivity index (χ2n) is 6.08. The van der Waals surface area contributed by atoms with Gasteiger partial charge in [-0.05, 0) is 48.5 Å². The first-order chi connectivity index (χ1) is 12.1. The minimum absolute atomic E-state index is 0.510. The minimum Gasteiger partial charge on any atom is -0.497 e. The second-order valence-corrected chi connectivity index (χ2v) is 6.08. The van der Waals surface area contributed by atoms with Crippen molar-refractivity contribution in [2.75, 3.05) is 7.11 Å². The van der Waals surface area contributed by atoms with Crippen LogP contribution in [0, 0.1) is 0 Å². The van der Waals surface area contributed by atoms with Gasteiger partial charge in [-0.25, -0.2) is 0 Å². The molecule has 4 heteroatoms. The van der Waals surface area contributed by atoms with Crippen LogP contribution in [0.4, 0.5) is 0 Å². The molecule has 0 heterocycles. The Morgan fingerprint density at radius 1 is 0.600 bits per heavy atom. The SMILES string of the molecule is COc1ccc(Oc2cccc(Oc3ccc(B(C)C)cc3)c2)cc1. The van der Waals surface area contributed by atoms with Crippen LogP contribution in [0.2, 0.25) is 13.6 Å². The van der Waals surface area contributed by atoms with Gasteiger partial charge in [0.25, 0.3) is 0 Å². The molecule has 0 amide bonds. The van der Waals surface area contributed by atoms with Crippen molar-refractivity contribution in [3.63, 3.8) is 0 Å². The number of hydrogen-bond donors (Lipinski definition) is 0. The number of ether oxygens (including phenoxy) is 3. The average molecular weight is 332 g/mol. The van der Waals surface area contributed by atoms with E-state index in [0.717, 1.165) is 28.7 Å². The summed E-state index contributed by atoms with van der Waals surface area (Å²) in [6.45, 7) is 4.86. The first-order valence-electron chi connectivity index (χ1n) is 8.34. The number of rotatable bonds is 6. The third-order valence-electron chi connectivity index (χ3n) is 3.88. The zero-order valence-corrected chi connectivity index (χ0v) is 14.7. The lowest BCUT2D eigenvalue weighted by Gasteiger charge is -2.10. The van der Waals surface area contributed by atoms with Gasteiger partial charge in [-0.2, -0.15) is 0 Å². The van der Waals surface area contributed by atoms with Crippen LogP contribution in [0.1, 0.15) is 0 Å². The van der Waals surface area contributed by atoms with Crippen LogP contribution in [0.3, 0.4) is 0 Å². The molecule has 0 aliphatic rings. The van der Waals surface area contributed by atoms with Crippen molar-refractivity contribution in [2.45, 2.75) is 13.6 Å². The highest BCUT2D eigenvalue weighted by atomic mass is 16.5. The van der Waals surface area contributed by atoms with Crippen molar-refractivity contribution in [1.29, 1.82) is 0 Å². The average Bonchev–Trinajstić information content (AvgIpc) is 2.63. The smallest absolute Gasteiger partial charge is 0.169 e. The Kier molecular flexibility index (Phi) is 5.29. The fourth-order valence-corrected chi connectivity index (χ4v) is 2.44. The topological polar surface area (TPSA) is 27.7 Å². The van der Waals surface area contributed by atoms with Crippen molar-refractivity contribution in [3.05, 3.63) is 72.8 Å². The van der Waals surface area contributed by atoms with Gasteiger partial charge in [0.1, 0.15) is 28.7 Å². The molecule has 0 bridgehead atoms. The van der Waals surface area contributed by atoms with Gasteiger partial charge in [-0.1, -0.05) is 37.3 Å². The Hall–Kier alpha value is -2.88. The van der Waals surface area contributed by atoms with Crippen molar-refractivity contribution in [1.82, 2.24) is 0 Å². The molecule has 3 rings (SSSR count). The number of methoxy groups -OCH3 is 1. The van der Waals surface area contributed by atoms with Crippen LogP contribution in [-0.4, -0.2) is 13.8 Å². The monoisotopic (exact) mass is 332 g/mol. The van der Waals surface area contributed by atoms with Gasteiger partial charge in [-0.3, -0.25) is 0 Å². The number of hydrogen-bond acceptors (Lipinski definition) is 3. The molecule has 3 aromatic carbocycles. The van der Waals surface area contributed by atoms with E-state index in [4.69, 9.17) is 14.2 Å². The van der Waals surface area contributed by atoms with E-state index in [2.05, 4.69) is 25.8 Å². The van der Waals surface area contributed by atoms with Gasteiger partial charge in [0.15, 0.2) is 6.71 Å². The summed E-state index contributed by atoms with van der Waals surface area (Å²) in [4.78, 5) is 0. The van der Waals surface area contributed by atoms with Gasteiger partial charge >= 0.3 is 0 Å². The Bertz CT molecular complexity index is 811. The molecule has 0 aliphatic carbocycles. The molecular formula is C21H21BO3. The molecule has 0 spiro atoms. The lowest BCUT2D eigenvalue weighted by molar-refractivity contribution is 0.412. The molecule has 0 saturated heterocycles. The molecule has 0 aliphatic heterocycles. The molecule has 0 fully saturated rings. The maximum atomic E-state index is 5.93. The number of benzene rings is 3. The predicted octanol–water partition coefficient (Wildman–Crippen LogP) is 5.24. The summed E-state index contributed by atoms with van der Waals surface area (Å²) in [6, 6.07) is 23.3. The molecule has 0 aromatic heterocycles. The summed E-state index contributed by atoms with van der Waals surface area (Å²) in [6.07, 6.45) is 0. The van der Waals surface area contributed by atoms with Gasteiger partial charge in [0, 0.05) is 6.07 Å². The van der Waals surface area contributed by atoms with Crippen LogP contribution in [-0.2, 0) is 0 Å². The molecule has 0 unspecified atom stereocenters. The molecular weight excluding hydrogens is 311 g/mol. The summed E-state index contributed by atoms with van der Waals surface area (Å²) in [5.74, 6) is 3.82. The van der Waals surface area contributed by atoms with Crippen LogP contribution in [0.15, 0.2) is 72.8 Å². The first-order valence-corrected chi connectivity index (χ1v) is 8.34. The summed E-state index contributed by atoms with van der Waals surface area (Å²) in [5.41, 5.74) is 1.30. The van der Waals surface area contributed by atoms with Gasteiger partial charge in [-0.15, -0.1) is 0 Å². The van der Waals surface area contributed by atoms with Crippen molar-refractivity contribution in [2.24, 2.45) is 0 Å². The lowest BCUT2D eigenvalue weighted by atomic mass is 9.49. The maximum absolute atomic E-state index is 5.93. The molecule has 0 N–H and O–H groups in total. The fourth-order valence-electron chi connectivity index (χ4n) is 2.44. The molecule has 3 nitrogen and oxygen atoms in total. The zero-order valence-electron chi connectivity index (χ0n) is 14.7. The van der Waals surface area contributed by atoms with Crippen molar-refractivity contribution >= 4 is 12.2 Å². The van der Waals surface area contributed by atoms with Crippen LogP contribution >= 0.6 is 0 Å². The summed E-state index contributed by atoms with van der Waals surface area (Å²) >= 11 is 0. The molecule has 3 aromatic rings. The quantitative estimate of drug-likeness (QED) is 0.578. The van der Waals surface area contributed by atoms with Gasteiger partial charge in [0.2, 0.25) is 0 Å². The van der Waals surface area contributed by atoms with Gasteiger partial charge in [0.05, 0.1) is 7.11 Å². The third kappa shape index (κ3) is 4.57. The summed E-state index contributed by atoms with van der Waals surface area (Å²) < 4.78 is 17.0. The summed E-state index contributed by atoms with van der Waals surface area (Å²) in [5, 5.41) is 0. The highest BCUT2D eigenvalue weighted by Crippen LogP contribution is 2.28. The molecule has 0 radical (unpaired) electrons. The Balaban J connectivity index is 1.70. The van der Waals surface area contributed by atoms with E-state index in [1.165, 1.54) is 5.46 Å². The molecule has 126 valence electrons. The highest BCUT2D eigenvalue weighted by molar-refractivity contribution is 6.70. The Morgan fingerprint density at radius 2 is 1.08 bits per heavy atom.